The summed E-state index contributed by atoms with van der Waals surface area (Å²) in [7, 11) is -6.46. The van der Waals surface area contributed by atoms with Crippen LogP contribution in [0.1, 0.15) is 74.3 Å². The number of benzene rings is 1. The van der Waals surface area contributed by atoms with Gasteiger partial charge in [-0.15, -0.1) is 0 Å². The summed E-state index contributed by atoms with van der Waals surface area (Å²) < 4.78 is 27.5. The molecule has 1 aromatic carbocycles. The third-order valence-electron chi connectivity index (χ3n) is 10.5. The molecule has 44 heavy (non-hydrogen) atoms. The molecule has 1 aliphatic rings. The van der Waals surface area contributed by atoms with Gasteiger partial charge < -0.3 is 23.3 Å². The number of hydrogen-bond acceptors (Lipinski definition) is 7. The van der Waals surface area contributed by atoms with Gasteiger partial charge in [-0.3, -0.25) is 5.32 Å². The van der Waals surface area contributed by atoms with Crippen molar-refractivity contribution in [2.24, 2.45) is 0 Å². The Hall–Kier alpha value is -1.53. The molecular formula is C33H61N3O5Si3. The molecule has 11 heteroatoms. The van der Waals surface area contributed by atoms with Crippen LogP contribution in [-0.4, -0.2) is 61.6 Å². The van der Waals surface area contributed by atoms with Gasteiger partial charge in [0.05, 0.1) is 30.7 Å². The molecule has 0 spiro atoms. The van der Waals surface area contributed by atoms with Gasteiger partial charge in [-0.1, -0.05) is 92.6 Å². The molecule has 0 bridgehead atoms. The molecule has 0 aromatic heterocycles. The highest BCUT2D eigenvalue weighted by atomic mass is 28.4. The fraction of sp³-hybridized carbons (Fsp3) is 0.758. The molecule has 0 radical (unpaired) electrons. The summed E-state index contributed by atoms with van der Waals surface area (Å²) in [5, 5.41) is 17.0. The summed E-state index contributed by atoms with van der Waals surface area (Å²) in [6.07, 6.45) is -1.61. The first kappa shape index (κ1) is 38.7. The number of nitrogens with zero attached hydrogens (tertiary/aromatic N) is 1. The van der Waals surface area contributed by atoms with Crippen LogP contribution >= 0.6 is 0 Å². The molecule has 1 saturated heterocycles. The van der Waals surface area contributed by atoms with E-state index in [1.165, 1.54) is 0 Å². The molecule has 0 unspecified atom stereocenters. The second-order valence-corrected chi connectivity index (χ2v) is 26.5. The Balaban J connectivity index is 2.67. The van der Waals surface area contributed by atoms with E-state index < -0.39 is 55.5 Å². The fourth-order valence-corrected chi connectivity index (χ4v) is 15.1. The number of piperidine rings is 1. The van der Waals surface area contributed by atoms with Crippen LogP contribution in [0.4, 0.5) is 4.79 Å². The smallest absolute Gasteiger partial charge is 0.407 e. The maximum atomic E-state index is 13.6. The minimum atomic E-state index is -2.19. The zero-order valence-electron chi connectivity index (χ0n) is 29.0. The molecule has 0 saturated carbocycles. The Labute approximate surface area is 271 Å². The lowest BCUT2D eigenvalue weighted by atomic mass is 9.91. The number of nitriles is 1. The molecule has 1 aliphatic heterocycles. The summed E-state index contributed by atoms with van der Waals surface area (Å²) in [5.41, 5.74) is 0.925. The van der Waals surface area contributed by atoms with E-state index in [0.717, 1.165) is 60.0 Å². The number of amides is 1. The summed E-state index contributed by atoms with van der Waals surface area (Å²) >= 11 is 0. The van der Waals surface area contributed by atoms with Crippen LogP contribution in [0.25, 0.3) is 0 Å². The van der Waals surface area contributed by atoms with E-state index in [2.05, 4.69) is 79.0 Å². The Morgan fingerprint density at radius 2 is 1.20 bits per heavy atom. The Kier molecular flexibility index (Phi) is 16.3. The quantitative estimate of drug-likeness (QED) is 0.144. The zero-order chi connectivity index (χ0) is 32.8. The van der Waals surface area contributed by atoms with Crippen LogP contribution in [-0.2, 0) is 24.6 Å². The van der Waals surface area contributed by atoms with Gasteiger partial charge in [-0.05, 0) is 60.0 Å². The molecule has 1 heterocycles. The van der Waals surface area contributed by atoms with Crippen LogP contribution in [0.15, 0.2) is 30.3 Å². The molecular weight excluding hydrogens is 603 g/mol. The molecule has 1 amide bonds. The van der Waals surface area contributed by atoms with Crippen molar-refractivity contribution in [2.45, 2.75) is 160 Å². The summed E-state index contributed by atoms with van der Waals surface area (Å²) in [6.45, 7) is 20.1. The number of ether oxygens (including phenoxy) is 1. The molecule has 1 aromatic rings. The SMILES string of the molecule is CC[Si](CC)(CC)O[C@@H]1[C@@H](NC(=O)OCc2ccccc2)[C@@H](O[Si](CC)(CC)CC)N[C@H](CC#N)[C@H]1O[Si](CC)(CC)CC. The summed E-state index contributed by atoms with van der Waals surface area (Å²) in [4.78, 5) is 13.6. The standard InChI is InChI=1S/C33H61N3O5Si3/c1-10-42(11-2,12-3)39-30-28(24-25-34)35-32(41-44(16-7,17-8)18-9)29(31(30)40-43(13-4,14-5)15-6)36-33(37)38-26-27-22-20-19-21-23-27/h19-23,28-32,35H,10-18,24,26H2,1-9H3,(H,36,37)/t28-,29-,30-,31-,32-/m1/s1. The van der Waals surface area contributed by atoms with E-state index in [0.29, 0.717) is 0 Å². The average molecular weight is 664 g/mol. The number of alkyl carbamates (subject to hydrolysis) is 1. The van der Waals surface area contributed by atoms with Crippen molar-refractivity contribution < 1.29 is 22.8 Å². The molecule has 2 rings (SSSR count). The van der Waals surface area contributed by atoms with Crippen molar-refractivity contribution in [2.75, 3.05) is 0 Å². The van der Waals surface area contributed by atoms with Crippen molar-refractivity contribution in [3.8, 4) is 6.07 Å². The predicted molar refractivity (Wildman–Crippen MR) is 187 cm³/mol. The second kappa shape index (κ2) is 18.6. The van der Waals surface area contributed by atoms with Crippen LogP contribution in [0.2, 0.25) is 54.4 Å². The molecule has 5 atom stereocenters. The minimum absolute atomic E-state index is 0.174. The van der Waals surface area contributed by atoms with E-state index in [4.69, 9.17) is 18.0 Å². The van der Waals surface area contributed by atoms with Gasteiger partial charge in [0.1, 0.15) is 12.8 Å². The van der Waals surface area contributed by atoms with Gasteiger partial charge in [0, 0.05) is 6.04 Å². The van der Waals surface area contributed by atoms with E-state index in [9.17, 15) is 10.1 Å². The molecule has 1 fully saturated rings. The third-order valence-corrected chi connectivity index (χ3v) is 24.4. The normalized spacial score (nSPS) is 22.8. The van der Waals surface area contributed by atoms with Crippen molar-refractivity contribution >= 4 is 31.0 Å². The lowest BCUT2D eigenvalue weighted by molar-refractivity contribution is -0.0824. The first-order chi connectivity index (χ1) is 21.1. The van der Waals surface area contributed by atoms with E-state index in [1.807, 2.05) is 30.3 Å². The average Bonchev–Trinajstić information content (AvgIpc) is 3.07. The highest BCUT2D eigenvalue weighted by Crippen LogP contribution is 2.36. The second-order valence-electron chi connectivity index (χ2n) is 12.3. The topological polar surface area (TPSA) is 102 Å². The fourth-order valence-electron chi connectivity index (χ4n) is 6.59. The van der Waals surface area contributed by atoms with Crippen molar-refractivity contribution in [1.82, 2.24) is 10.6 Å². The van der Waals surface area contributed by atoms with Gasteiger partial charge in [0.2, 0.25) is 0 Å². The maximum absolute atomic E-state index is 13.6. The van der Waals surface area contributed by atoms with Gasteiger partial charge in [0.25, 0.3) is 0 Å². The largest absolute Gasteiger partial charge is 0.445 e. The van der Waals surface area contributed by atoms with Gasteiger partial charge in [-0.2, -0.15) is 5.26 Å². The summed E-state index contributed by atoms with van der Waals surface area (Å²) in [5.74, 6) is 0. The number of carbonyl (C=O) groups is 1. The van der Waals surface area contributed by atoms with Crippen molar-refractivity contribution in [1.29, 1.82) is 5.26 Å². The molecule has 250 valence electrons. The van der Waals surface area contributed by atoms with E-state index >= 15 is 0 Å². The molecule has 2 N–H and O–H groups in total. The number of hydrogen-bond donors (Lipinski definition) is 2. The maximum Gasteiger partial charge on any atom is 0.407 e. The molecule has 8 nitrogen and oxygen atoms in total. The molecule has 0 aliphatic carbocycles. The first-order valence-corrected chi connectivity index (χ1v) is 24.9. The number of carbonyl (C=O) groups excluding carboxylic acids is 1. The third kappa shape index (κ3) is 9.74. The van der Waals surface area contributed by atoms with E-state index in [1.54, 1.807) is 0 Å². The van der Waals surface area contributed by atoms with Crippen LogP contribution < -0.4 is 10.6 Å². The Morgan fingerprint density at radius 1 is 0.750 bits per heavy atom. The van der Waals surface area contributed by atoms with Crippen molar-refractivity contribution in [3.63, 3.8) is 0 Å². The number of nitrogens with one attached hydrogen (secondary N) is 2. The predicted octanol–water partition coefficient (Wildman–Crippen LogP) is 8.30. The van der Waals surface area contributed by atoms with Gasteiger partial charge in [0.15, 0.2) is 25.0 Å². The van der Waals surface area contributed by atoms with E-state index in [-0.39, 0.29) is 19.1 Å². The highest BCUT2D eigenvalue weighted by Gasteiger charge is 2.53. The van der Waals surface area contributed by atoms with Crippen LogP contribution in [0, 0.1) is 11.3 Å². The van der Waals surface area contributed by atoms with Crippen LogP contribution in [0.5, 0.6) is 0 Å². The Bertz CT molecular complexity index is 991. The zero-order valence-corrected chi connectivity index (χ0v) is 32.0. The van der Waals surface area contributed by atoms with Crippen LogP contribution in [0.3, 0.4) is 0 Å². The Morgan fingerprint density at radius 3 is 1.66 bits per heavy atom. The van der Waals surface area contributed by atoms with Gasteiger partial charge >= 0.3 is 6.09 Å². The van der Waals surface area contributed by atoms with Crippen molar-refractivity contribution in [3.05, 3.63) is 35.9 Å². The van der Waals surface area contributed by atoms with Gasteiger partial charge in [-0.25, -0.2) is 4.79 Å². The number of rotatable bonds is 19. The summed E-state index contributed by atoms with van der Waals surface area (Å²) in [6, 6.07) is 20.1. The first-order valence-electron chi connectivity index (χ1n) is 17.3. The monoisotopic (exact) mass is 663 g/mol. The lowest BCUT2D eigenvalue weighted by Crippen LogP contribution is -2.74. The highest BCUT2D eigenvalue weighted by molar-refractivity contribution is 6.74. The lowest BCUT2D eigenvalue weighted by Gasteiger charge is -2.53. The minimum Gasteiger partial charge on any atom is -0.445 e.